The van der Waals surface area contributed by atoms with Crippen molar-refractivity contribution in [2.24, 2.45) is 0 Å². The molecule has 1 aliphatic carbocycles. The van der Waals surface area contributed by atoms with E-state index >= 15 is 0 Å². The lowest BCUT2D eigenvalue weighted by Gasteiger charge is -2.21. The molecule has 0 N–H and O–H groups in total. The summed E-state index contributed by atoms with van der Waals surface area (Å²) in [6.45, 7) is 2.72. The monoisotopic (exact) mass is 304 g/mol. The largest absolute Gasteiger partial charge is 0.490 e. The Labute approximate surface area is 132 Å². The molecule has 22 heavy (non-hydrogen) atoms. The van der Waals surface area contributed by atoms with Crippen LogP contribution in [0.25, 0.3) is 0 Å². The van der Waals surface area contributed by atoms with Gasteiger partial charge < -0.3 is 14.2 Å². The number of hydrogen-bond acceptors (Lipinski definition) is 4. The molecule has 1 unspecified atom stereocenters. The number of unbranched alkanes of at least 4 members (excludes halogenated alkanes) is 1. The van der Waals surface area contributed by atoms with Crippen LogP contribution in [0.3, 0.4) is 0 Å². The van der Waals surface area contributed by atoms with Gasteiger partial charge in [-0.15, -0.1) is 0 Å². The second-order valence-electron chi connectivity index (χ2n) is 5.37. The van der Waals surface area contributed by atoms with E-state index < -0.39 is 0 Å². The lowest BCUT2D eigenvalue weighted by atomic mass is 10.1. The first-order valence-electron chi connectivity index (χ1n) is 7.93. The predicted molar refractivity (Wildman–Crippen MR) is 85.6 cm³/mol. The van der Waals surface area contributed by atoms with Gasteiger partial charge >= 0.3 is 5.97 Å². The molecule has 0 radical (unpaired) electrons. The Bertz CT molecular complexity index is 522. The van der Waals surface area contributed by atoms with Crippen molar-refractivity contribution in [1.82, 2.24) is 0 Å². The van der Waals surface area contributed by atoms with Gasteiger partial charge in [-0.1, -0.05) is 19.4 Å². The summed E-state index contributed by atoms with van der Waals surface area (Å²) >= 11 is 0. The van der Waals surface area contributed by atoms with E-state index in [1.165, 1.54) is 7.11 Å². The van der Waals surface area contributed by atoms with E-state index in [0.717, 1.165) is 32.1 Å². The van der Waals surface area contributed by atoms with Crippen LogP contribution in [-0.2, 0) is 4.74 Å². The molecule has 1 atom stereocenters. The fourth-order valence-corrected chi connectivity index (χ4v) is 2.33. The molecule has 120 valence electrons. The minimum absolute atomic E-state index is 0.0752. The Hall–Kier alpha value is -1.97. The SMILES string of the molecule is CCCCOc1cc(C(=O)OC)ccc1OC1C=CCCC1. The molecule has 0 aromatic heterocycles. The first-order valence-corrected chi connectivity index (χ1v) is 7.93. The maximum Gasteiger partial charge on any atom is 0.337 e. The Morgan fingerprint density at radius 1 is 1.32 bits per heavy atom. The molecule has 2 rings (SSSR count). The number of hydrogen-bond donors (Lipinski definition) is 0. The Morgan fingerprint density at radius 2 is 2.18 bits per heavy atom. The highest BCUT2D eigenvalue weighted by Crippen LogP contribution is 2.31. The quantitative estimate of drug-likeness (QED) is 0.431. The standard InChI is InChI=1S/C18H24O4/c1-3-4-12-21-17-13-14(18(19)20-2)10-11-16(17)22-15-8-6-5-7-9-15/h6,8,10-11,13,15H,3-5,7,9,12H2,1-2H3. The third-order valence-electron chi connectivity index (χ3n) is 3.61. The third-order valence-corrected chi connectivity index (χ3v) is 3.61. The highest BCUT2D eigenvalue weighted by atomic mass is 16.5. The van der Waals surface area contributed by atoms with Gasteiger partial charge in [0, 0.05) is 0 Å². The van der Waals surface area contributed by atoms with E-state index in [1.807, 2.05) is 0 Å². The van der Waals surface area contributed by atoms with Crippen molar-refractivity contribution >= 4 is 5.97 Å². The van der Waals surface area contributed by atoms with Crippen molar-refractivity contribution in [2.45, 2.75) is 45.1 Å². The summed E-state index contributed by atoms with van der Waals surface area (Å²) in [4.78, 5) is 11.7. The van der Waals surface area contributed by atoms with Crippen LogP contribution in [0.2, 0.25) is 0 Å². The fourth-order valence-electron chi connectivity index (χ4n) is 2.33. The van der Waals surface area contributed by atoms with Crippen molar-refractivity contribution in [3.63, 3.8) is 0 Å². The number of esters is 1. The van der Waals surface area contributed by atoms with Gasteiger partial charge in [0.2, 0.25) is 0 Å². The van der Waals surface area contributed by atoms with Gasteiger partial charge in [0.15, 0.2) is 11.5 Å². The zero-order valence-corrected chi connectivity index (χ0v) is 13.3. The molecule has 4 heteroatoms. The molecule has 0 saturated heterocycles. The minimum Gasteiger partial charge on any atom is -0.490 e. The number of carbonyl (C=O) groups excluding carboxylic acids is 1. The van der Waals surface area contributed by atoms with Gasteiger partial charge in [0.25, 0.3) is 0 Å². The average molecular weight is 304 g/mol. The van der Waals surface area contributed by atoms with Gasteiger partial charge in [0.1, 0.15) is 6.10 Å². The number of ether oxygens (including phenoxy) is 3. The fraction of sp³-hybridized carbons (Fsp3) is 0.500. The molecule has 1 aliphatic rings. The van der Waals surface area contributed by atoms with Gasteiger partial charge in [-0.05, 0) is 50.0 Å². The third kappa shape index (κ3) is 4.52. The first-order chi connectivity index (χ1) is 10.7. The molecular weight excluding hydrogens is 280 g/mol. The molecule has 0 amide bonds. The van der Waals surface area contributed by atoms with Crippen LogP contribution in [0, 0.1) is 0 Å². The summed E-state index contributed by atoms with van der Waals surface area (Å²) in [6.07, 6.45) is 9.58. The molecule has 0 bridgehead atoms. The smallest absolute Gasteiger partial charge is 0.337 e. The van der Waals surface area contributed by atoms with E-state index in [2.05, 4.69) is 19.1 Å². The highest BCUT2D eigenvalue weighted by molar-refractivity contribution is 5.90. The molecule has 0 aliphatic heterocycles. The van der Waals surface area contributed by atoms with Gasteiger partial charge in [-0.25, -0.2) is 4.79 Å². The second kappa shape index (κ2) is 8.47. The zero-order chi connectivity index (χ0) is 15.8. The molecule has 0 fully saturated rings. The predicted octanol–water partition coefficient (Wildman–Crippen LogP) is 4.14. The van der Waals surface area contributed by atoms with Crippen LogP contribution in [-0.4, -0.2) is 25.8 Å². The van der Waals surface area contributed by atoms with Crippen molar-refractivity contribution in [1.29, 1.82) is 0 Å². The van der Waals surface area contributed by atoms with E-state index in [4.69, 9.17) is 14.2 Å². The summed E-state index contributed by atoms with van der Waals surface area (Å²) in [7, 11) is 1.37. The van der Waals surface area contributed by atoms with E-state index in [9.17, 15) is 4.79 Å². The van der Waals surface area contributed by atoms with Crippen LogP contribution in [0.5, 0.6) is 11.5 Å². The maximum atomic E-state index is 11.7. The molecule has 0 heterocycles. The average Bonchev–Trinajstić information content (AvgIpc) is 2.56. The Kier molecular flexibility index (Phi) is 6.31. The Balaban J connectivity index is 2.16. The van der Waals surface area contributed by atoms with E-state index in [-0.39, 0.29) is 12.1 Å². The van der Waals surface area contributed by atoms with E-state index in [0.29, 0.717) is 23.7 Å². The lowest BCUT2D eigenvalue weighted by Crippen LogP contribution is -2.16. The molecule has 0 spiro atoms. The van der Waals surface area contributed by atoms with Gasteiger partial charge in [-0.2, -0.15) is 0 Å². The van der Waals surface area contributed by atoms with Gasteiger partial charge in [-0.3, -0.25) is 0 Å². The lowest BCUT2D eigenvalue weighted by molar-refractivity contribution is 0.0600. The van der Waals surface area contributed by atoms with Crippen molar-refractivity contribution in [3.05, 3.63) is 35.9 Å². The number of carbonyl (C=O) groups is 1. The molecule has 1 aromatic rings. The van der Waals surface area contributed by atoms with Gasteiger partial charge in [0.05, 0.1) is 19.3 Å². The molecule has 1 aromatic carbocycles. The summed E-state index contributed by atoms with van der Waals surface area (Å²) in [5.74, 6) is 0.917. The van der Waals surface area contributed by atoms with Crippen LogP contribution in [0.15, 0.2) is 30.4 Å². The Morgan fingerprint density at radius 3 is 2.86 bits per heavy atom. The summed E-state index contributed by atoms with van der Waals surface area (Å²) in [5.41, 5.74) is 0.473. The van der Waals surface area contributed by atoms with Crippen molar-refractivity contribution in [3.8, 4) is 11.5 Å². The second-order valence-corrected chi connectivity index (χ2v) is 5.37. The van der Waals surface area contributed by atoms with E-state index in [1.54, 1.807) is 18.2 Å². The van der Waals surface area contributed by atoms with Crippen LogP contribution in [0.4, 0.5) is 0 Å². The summed E-state index contributed by atoms with van der Waals surface area (Å²) < 4.78 is 16.6. The topological polar surface area (TPSA) is 44.8 Å². The zero-order valence-electron chi connectivity index (χ0n) is 13.3. The summed E-state index contributed by atoms with van der Waals surface area (Å²) in [5, 5.41) is 0. The number of rotatable bonds is 7. The highest BCUT2D eigenvalue weighted by Gasteiger charge is 2.16. The molecule has 0 saturated carbocycles. The normalized spacial score (nSPS) is 17.1. The van der Waals surface area contributed by atoms with Crippen molar-refractivity contribution in [2.75, 3.05) is 13.7 Å². The minimum atomic E-state index is -0.371. The number of methoxy groups -OCH3 is 1. The summed E-state index contributed by atoms with van der Waals surface area (Å²) in [6, 6.07) is 5.19. The number of benzene rings is 1. The van der Waals surface area contributed by atoms with Crippen molar-refractivity contribution < 1.29 is 19.0 Å². The van der Waals surface area contributed by atoms with Crippen LogP contribution >= 0.6 is 0 Å². The van der Waals surface area contributed by atoms with Crippen LogP contribution in [0.1, 0.15) is 49.4 Å². The molecular formula is C18H24O4. The molecule has 4 nitrogen and oxygen atoms in total. The van der Waals surface area contributed by atoms with Crippen LogP contribution < -0.4 is 9.47 Å². The maximum absolute atomic E-state index is 11.7. The first kappa shape index (κ1) is 16.4. The number of allylic oxidation sites excluding steroid dienone is 1.